The summed E-state index contributed by atoms with van der Waals surface area (Å²) in [5.74, 6) is 1.24. The van der Waals surface area contributed by atoms with Gasteiger partial charge in [0, 0.05) is 31.5 Å². The molecule has 3 aliphatic rings. The molecule has 282 valence electrons. The molecule has 1 saturated heterocycles. The topological polar surface area (TPSA) is 39.1 Å². The Labute approximate surface area is 316 Å². The second kappa shape index (κ2) is 23.1. The number of nitrogens with zero attached hydrogens (tertiary/aromatic N) is 2. The molecule has 51 heavy (non-hydrogen) atoms. The van der Waals surface area contributed by atoms with Crippen LogP contribution < -0.4 is 5.32 Å². The lowest BCUT2D eigenvalue weighted by molar-refractivity contribution is 0.176. The molecule has 1 aromatic rings. The van der Waals surface area contributed by atoms with Gasteiger partial charge in [-0.25, -0.2) is 0 Å². The summed E-state index contributed by atoms with van der Waals surface area (Å²) < 4.78 is 0. The molecule has 3 nitrogen and oxygen atoms in total. The number of aryl methyl sites for hydroxylation is 1. The SMILES string of the molecule is C=C(C)C1(C)CCN(C2=C(C)CC(C)C(C)=C2/C=C(\NC)C2=CCC(C#N)C=C2)CC1.CC.CCC(C)/C(C)=C/c1ccc(C)cc1.CCCC. The van der Waals surface area contributed by atoms with Gasteiger partial charge in [-0.15, -0.1) is 0 Å². The number of likely N-dealkylation sites (N-methyl/N-ethyl adjacent to an activating group) is 1. The molecule has 2 aliphatic carbocycles. The molecule has 4 rings (SSSR count). The van der Waals surface area contributed by atoms with Gasteiger partial charge in [-0.3, -0.25) is 0 Å². The highest BCUT2D eigenvalue weighted by molar-refractivity contribution is 5.54. The first-order valence-electron chi connectivity index (χ1n) is 20.0. The van der Waals surface area contributed by atoms with Gasteiger partial charge in [0.25, 0.3) is 0 Å². The molecule has 1 aromatic carbocycles. The van der Waals surface area contributed by atoms with E-state index < -0.39 is 0 Å². The molecule has 1 fully saturated rings. The quantitative estimate of drug-likeness (QED) is 0.262. The van der Waals surface area contributed by atoms with E-state index in [9.17, 15) is 5.26 Å². The van der Waals surface area contributed by atoms with Crippen molar-refractivity contribution in [1.29, 1.82) is 5.26 Å². The number of piperidine rings is 1. The molecule has 0 amide bonds. The average Bonchev–Trinajstić information content (AvgIpc) is 3.14. The van der Waals surface area contributed by atoms with Gasteiger partial charge in [-0.1, -0.05) is 146 Å². The van der Waals surface area contributed by atoms with Crippen LogP contribution in [0, 0.1) is 41.4 Å². The number of likely N-dealkylation sites (tertiary alicyclic amines) is 1. The third-order valence-corrected chi connectivity index (χ3v) is 11.1. The lowest BCUT2D eigenvalue weighted by atomic mass is 9.74. The Bertz CT molecular complexity index is 1460. The maximum Gasteiger partial charge on any atom is 0.0700 e. The molecule has 1 aliphatic heterocycles. The van der Waals surface area contributed by atoms with Crippen LogP contribution in [0.5, 0.6) is 0 Å². The molecule has 3 heteroatoms. The minimum atomic E-state index is -0.00816. The molecule has 1 heterocycles. The molecular weight excluding hydrogens is 619 g/mol. The van der Waals surface area contributed by atoms with Crippen LogP contribution in [0.3, 0.4) is 0 Å². The van der Waals surface area contributed by atoms with Crippen molar-refractivity contribution in [1.82, 2.24) is 10.2 Å². The smallest absolute Gasteiger partial charge is 0.0700 e. The minimum Gasteiger partial charge on any atom is -0.388 e. The first-order valence-corrected chi connectivity index (χ1v) is 20.0. The molecule has 0 radical (unpaired) electrons. The predicted octanol–water partition coefficient (Wildman–Crippen LogP) is 13.7. The molecule has 3 atom stereocenters. The second-order valence-electron chi connectivity index (χ2n) is 15.1. The molecule has 0 spiro atoms. The van der Waals surface area contributed by atoms with Crippen molar-refractivity contribution in [2.45, 2.75) is 135 Å². The van der Waals surface area contributed by atoms with Crippen LogP contribution in [-0.2, 0) is 0 Å². The van der Waals surface area contributed by atoms with E-state index in [1.54, 1.807) is 0 Å². The highest BCUT2D eigenvalue weighted by Crippen LogP contribution is 2.43. The number of nitriles is 1. The Morgan fingerprint density at radius 1 is 1.04 bits per heavy atom. The Morgan fingerprint density at radius 2 is 1.63 bits per heavy atom. The summed E-state index contributed by atoms with van der Waals surface area (Å²) in [4.78, 5) is 2.62. The van der Waals surface area contributed by atoms with Gasteiger partial charge < -0.3 is 10.2 Å². The van der Waals surface area contributed by atoms with E-state index in [0.717, 1.165) is 44.5 Å². The van der Waals surface area contributed by atoms with Crippen LogP contribution in [0.1, 0.15) is 139 Å². The van der Waals surface area contributed by atoms with Gasteiger partial charge in [0.1, 0.15) is 0 Å². The van der Waals surface area contributed by atoms with E-state index in [4.69, 9.17) is 0 Å². The zero-order chi connectivity index (χ0) is 38.7. The lowest BCUT2D eigenvalue weighted by Crippen LogP contribution is -2.40. The Balaban J connectivity index is 0.000000539. The van der Waals surface area contributed by atoms with E-state index in [0.29, 0.717) is 11.8 Å². The van der Waals surface area contributed by atoms with Gasteiger partial charge in [-0.2, -0.15) is 5.26 Å². The number of allylic oxidation sites excluding steroid dienone is 8. The predicted molar refractivity (Wildman–Crippen MR) is 227 cm³/mol. The summed E-state index contributed by atoms with van der Waals surface area (Å²) in [5, 5.41) is 12.6. The van der Waals surface area contributed by atoms with Crippen LogP contribution >= 0.6 is 0 Å². The van der Waals surface area contributed by atoms with Crippen molar-refractivity contribution >= 4 is 6.08 Å². The van der Waals surface area contributed by atoms with Gasteiger partial charge in [0.05, 0.1) is 12.0 Å². The number of unbranched alkanes of at least 4 members (excludes halogenated alkanes) is 1. The van der Waals surface area contributed by atoms with Gasteiger partial charge >= 0.3 is 0 Å². The summed E-state index contributed by atoms with van der Waals surface area (Å²) in [6.07, 6.45) is 19.0. The van der Waals surface area contributed by atoms with Crippen molar-refractivity contribution in [2.75, 3.05) is 20.1 Å². The number of benzene rings is 1. The largest absolute Gasteiger partial charge is 0.388 e. The van der Waals surface area contributed by atoms with E-state index in [1.165, 1.54) is 69.5 Å². The summed E-state index contributed by atoms with van der Waals surface area (Å²) in [7, 11) is 1.99. The fourth-order valence-electron chi connectivity index (χ4n) is 6.41. The number of hydrogen-bond acceptors (Lipinski definition) is 3. The fraction of sp³-hybridized carbons (Fsp3) is 0.562. The highest BCUT2D eigenvalue weighted by Gasteiger charge is 2.34. The maximum atomic E-state index is 9.19. The molecular formula is C48H75N3. The first-order chi connectivity index (χ1) is 24.2. The van der Waals surface area contributed by atoms with Crippen molar-refractivity contribution in [3.8, 4) is 6.07 Å². The Hall–Kier alpha value is -3.51. The van der Waals surface area contributed by atoms with Gasteiger partial charge in [0.15, 0.2) is 0 Å². The summed E-state index contributed by atoms with van der Waals surface area (Å²) in [6.45, 7) is 35.1. The molecule has 0 aromatic heterocycles. The maximum absolute atomic E-state index is 9.19. The van der Waals surface area contributed by atoms with Crippen LogP contribution in [-0.4, -0.2) is 25.0 Å². The van der Waals surface area contributed by atoms with Crippen molar-refractivity contribution in [3.05, 3.63) is 111 Å². The van der Waals surface area contributed by atoms with E-state index in [2.05, 4.69) is 148 Å². The molecule has 0 saturated carbocycles. The third-order valence-electron chi connectivity index (χ3n) is 11.1. The van der Waals surface area contributed by atoms with Crippen LogP contribution in [0.2, 0.25) is 0 Å². The fourth-order valence-corrected chi connectivity index (χ4v) is 6.41. The Morgan fingerprint density at radius 3 is 2.08 bits per heavy atom. The standard InChI is InChI=1S/C28H39N3.C14H20.C4H10.C2H6/c1-19(2)28(6)12-14-31(15-13-28)27-21(4)16-20(3)22(5)25(27)17-26(30-7)24-10-8-23(18-29)9-11-24;1-5-12(3)13(4)10-14-8-6-11(2)7-9-14;1-3-4-2;1-2/h8,10-11,17,20,23,30H,1,9,12-16H2,2-7H3;6-10,12H,5H2,1-4H3;3-4H2,1-2H3;1-2H3/b26-17-;13-10+;;. The van der Waals surface area contributed by atoms with E-state index in [-0.39, 0.29) is 11.3 Å². The lowest BCUT2D eigenvalue weighted by Gasteiger charge is -2.44. The first kappa shape index (κ1) is 45.5. The molecule has 0 bridgehead atoms. The monoisotopic (exact) mass is 694 g/mol. The number of nitrogens with one attached hydrogen (secondary N) is 1. The minimum absolute atomic E-state index is 0.00816. The summed E-state index contributed by atoms with van der Waals surface area (Å²) >= 11 is 0. The van der Waals surface area contributed by atoms with Crippen LogP contribution in [0.15, 0.2) is 100.0 Å². The zero-order valence-corrected chi connectivity index (χ0v) is 35.4. The number of rotatable bonds is 9. The average molecular weight is 694 g/mol. The van der Waals surface area contributed by atoms with E-state index in [1.807, 2.05) is 27.0 Å². The second-order valence-corrected chi connectivity index (χ2v) is 15.1. The zero-order valence-electron chi connectivity index (χ0n) is 35.4. The van der Waals surface area contributed by atoms with Crippen LogP contribution in [0.25, 0.3) is 6.08 Å². The van der Waals surface area contributed by atoms with Crippen molar-refractivity contribution < 1.29 is 0 Å². The summed E-state index contributed by atoms with van der Waals surface area (Å²) in [6, 6.07) is 11.0. The van der Waals surface area contributed by atoms with Crippen LogP contribution in [0.4, 0.5) is 0 Å². The van der Waals surface area contributed by atoms with Gasteiger partial charge in [-0.05, 0) is 112 Å². The van der Waals surface area contributed by atoms with E-state index >= 15 is 0 Å². The van der Waals surface area contributed by atoms with Crippen molar-refractivity contribution in [2.24, 2.45) is 23.2 Å². The highest BCUT2D eigenvalue weighted by atomic mass is 15.1. The van der Waals surface area contributed by atoms with Crippen molar-refractivity contribution in [3.63, 3.8) is 0 Å². The molecule has 1 N–H and O–H groups in total. The normalized spacial score (nSPS) is 20.7. The number of hydrogen-bond donors (Lipinski definition) is 1. The Kier molecular flexibility index (Phi) is 20.6. The van der Waals surface area contributed by atoms with Gasteiger partial charge in [0.2, 0.25) is 0 Å². The summed E-state index contributed by atoms with van der Waals surface area (Å²) in [5.41, 5.74) is 13.8. The molecule has 3 unspecified atom stereocenters. The third kappa shape index (κ3) is 13.9.